The Morgan fingerprint density at radius 3 is 1.19 bits per heavy atom. The molecule has 0 unspecified atom stereocenters. The van der Waals surface area contributed by atoms with Gasteiger partial charge in [-0.15, -0.1) is 0 Å². The van der Waals surface area contributed by atoms with Crippen LogP contribution in [0.15, 0.2) is 231 Å². The van der Waals surface area contributed by atoms with Gasteiger partial charge in [-0.05, 0) is 214 Å². The molecule has 0 radical (unpaired) electrons. The highest BCUT2D eigenvalue weighted by molar-refractivity contribution is 7.22. The zero-order valence-corrected chi connectivity index (χ0v) is 62.3. The summed E-state index contributed by atoms with van der Waals surface area (Å²) in [7, 11) is 0. The standard InChI is InChI=1S/C90H80N6O12S2/c1-5-85(97)105-53-17-11-9-15-51-101-76-42-29-65(30-43-76)23-24-69-28-38-70(37-25-66-31-44-77(45-32-66)102-52-16-10-12-18-54-106-86(98)6-2)74(59-69)63-91-96-90-94-82-50-41-73(62-84(82)110-90)80-61-71(39-26-67-33-46-78(47-34-67)103-55-19-57-107-87(99)7-3)75(64-92-95-89-93-81-21-13-14-22-83(81)109-89)60-72(80)40-27-68-35-48-79(49-36-68)104-56-20-58-108-88(100)8-4/h5-8,13-14,21-22,28-36,38,41-50,59-64H,1-4,9-12,15-20,51-58H2,(H,93,95)(H,94,96)/b91-63+,92-64+. The highest BCUT2D eigenvalue weighted by Gasteiger charge is 2.14. The lowest BCUT2D eigenvalue weighted by atomic mass is 9.93. The number of benzene rings is 8. The fourth-order valence-electron chi connectivity index (χ4n) is 10.4. The van der Waals surface area contributed by atoms with Crippen molar-refractivity contribution in [1.82, 2.24) is 9.97 Å². The summed E-state index contributed by atoms with van der Waals surface area (Å²) in [6.07, 6.45) is 16.1. The van der Waals surface area contributed by atoms with E-state index in [0.717, 1.165) is 146 Å². The average molecular weight is 1500 g/mol. The maximum Gasteiger partial charge on any atom is 0.330 e. The predicted octanol–water partition coefficient (Wildman–Crippen LogP) is 17.4. The lowest BCUT2D eigenvalue weighted by Gasteiger charge is -2.10. The van der Waals surface area contributed by atoms with Gasteiger partial charge in [0, 0.05) is 92.8 Å². The van der Waals surface area contributed by atoms with Gasteiger partial charge in [0.2, 0.25) is 10.3 Å². The third-order valence-electron chi connectivity index (χ3n) is 16.1. The minimum absolute atomic E-state index is 0.212. The van der Waals surface area contributed by atoms with Crippen LogP contribution in [0.5, 0.6) is 23.0 Å². The monoisotopic (exact) mass is 1500 g/mol. The number of ether oxygens (including phenoxy) is 8. The Hall–Kier alpha value is -13.2. The zero-order chi connectivity index (χ0) is 76.8. The van der Waals surface area contributed by atoms with Gasteiger partial charge in [-0.1, -0.05) is 115 Å². The highest BCUT2D eigenvalue weighted by Crippen LogP contribution is 2.34. The molecule has 10 rings (SSSR count). The van der Waals surface area contributed by atoms with Gasteiger partial charge in [-0.2, -0.15) is 10.2 Å². The molecule has 110 heavy (non-hydrogen) atoms. The molecule has 8 aromatic carbocycles. The van der Waals surface area contributed by atoms with Crippen molar-refractivity contribution < 1.29 is 57.1 Å². The number of para-hydroxylation sites is 1. The second kappa shape index (κ2) is 43.4. The van der Waals surface area contributed by atoms with Crippen molar-refractivity contribution in [2.75, 3.05) is 63.7 Å². The van der Waals surface area contributed by atoms with E-state index >= 15 is 0 Å². The Morgan fingerprint density at radius 1 is 0.355 bits per heavy atom. The molecule has 2 N–H and O–H groups in total. The van der Waals surface area contributed by atoms with E-state index in [9.17, 15) is 19.2 Å². The molecular weight excluding hydrogens is 1420 g/mol. The molecule has 0 saturated heterocycles. The molecular formula is C90H80N6O12S2. The van der Waals surface area contributed by atoms with Gasteiger partial charge in [-0.3, -0.25) is 10.9 Å². The van der Waals surface area contributed by atoms with E-state index < -0.39 is 23.9 Å². The molecule has 2 heterocycles. The van der Waals surface area contributed by atoms with Crippen LogP contribution in [-0.4, -0.2) is 99.1 Å². The zero-order valence-electron chi connectivity index (χ0n) is 60.7. The smallest absolute Gasteiger partial charge is 0.330 e. The number of unbranched alkanes of at least 4 members (excludes halogenated alkanes) is 6. The number of nitrogens with zero attached hydrogens (tertiary/aromatic N) is 4. The van der Waals surface area contributed by atoms with Crippen LogP contribution in [-0.2, 0) is 38.1 Å². The third kappa shape index (κ3) is 26.4. The van der Waals surface area contributed by atoms with Crippen LogP contribution in [0.2, 0.25) is 0 Å². The maximum absolute atomic E-state index is 11.5. The first-order valence-electron chi connectivity index (χ1n) is 35.8. The summed E-state index contributed by atoms with van der Waals surface area (Å²) in [6.45, 7) is 16.8. The summed E-state index contributed by atoms with van der Waals surface area (Å²) < 4.78 is 46.1. The summed E-state index contributed by atoms with van der Waals surface area (Å²) in [6, 6.07) is 54.1. The quantitative estimate of drug-likeness (QED) is 0.00704. The Balaban J connectivity index is 0.911. The molecule has 0 aliphatic carbocycles. The number of anilines is 2. The number of fused-ring (bicyclic) bond motifs is 2. The highest BCUT2D eigenvalue weighted by atomic mass is 32.1. The maximum atomic E-state index is 11.5. The van der Waals surface area contributed by atoms with Crippen LogP contribution in [0.4, 0.5) is 10.3 Å². The fourth-order valence-corrected chi connectivity index (χ4v) is 12.1. The minimum Gasteiger partial charge on any atom is -0.494 e. The summed E-state index contributed by atoms with van der Waals surface area (Å²) in [5.41, 5.74) is 17.0. The van der Waals surface area contributed by atoms with Crippen molar-refractivity contribution >= 4 is 89.7 Å². The first kappa shape index (κ1) is 79.3. The van der Waals surface area contributed by atoms with Crippen molar-refractivity contribution in [2.24, 2.45) is 10.2 Å². The van der Waals surface area contributed by atoms with E-state index in [1.807, 2.05) is 164 Å². The summed E-state index contributed by atoms with van der Waals surface area (Å²) in [5, 5.41) is 10.6. The van der Waals surface area contributed by atoms with Crippen molar-refractivity contribution in [3.8, 4) is 81.5 Å². The SMILES string of the molecule is C=CC(=O)OCCCCCCOc1ccc(C#Cc2ccc(C#Cc3ccc(OCCCCCCOC(=O)C=C)cc3)c(/C=N/Nc3nc4ccc(-c5cc(C#Cc6ccc(OCCCOC(=O)C=C)cc6)c(/C=N/Nc6nc7ccccc7s6)cc5C#Cc5ccc(OCCCOC(=O)C=C)cc5)cc4s3)c2)cc1. The molecule has 0 saturated carbocycles. The number of hydrogen-bond acceptors (Lipinski definition) is 20. The van der Waals surface area contributed by atoms with Gasteiger partial charge in [0.15, 0.2) is 0 Å². The summed E-state index contributed by atoms with van der Waals surface area (Å²) >= 11 is 2.93. The number of hydrazone groups is 2. The second-order valence-corrected chi connectivity index (χ2v) is 26.3. The van der Waals surface area contributed by atoms with E-state index in [1.165, 1.54) is 34.8 Å². The molecule has 0 aliphatic heterocycles. The van der Waals surface area contributed by atoms with Crippen LogP contribution in [0.3, 0.4) is 0 Å². The number of thiazole rings is 2. The van der Waals surface area contributed by atoms with Gasteiger partial charge in [0.1, 0.15) is 23.0 Å². The van der Waals surface area contributed by atoms with Gasteiger partial charge in [-0.25, -0.2) is 29.1 Å². The fraction of sp³-hybridized carbons (Fsp3) is 0.200. The number of aromatic nitrogens is 2. The topological polar surface area (TPSA) is 217 Å². The van der Waals surface area contributed by atoms with E-state index in [-0.39, 0.29) is 13.2 Å². The molecule has 20 heteroatoms. The molecule has 0 bridgehead atoms. The molecule has 0 atom stereocenters. The molecule has 2 aromatic heterocycles. The van der Waals surface area contributed by atoms with E-state index in [2.05, 4.69) is 90.6 Å². The molecule has 0 fully saturated rings. The van der Waals surface area contributed by atoms with Crippen LogP contribution in [0.25, 0.3) is 31.6 Å². The molecule has 10 aromatic rings. The van der Waals surface area contributed by atoms with E-state index in [1.54, 1.807) is 12.4 Å². The lowest BCUT2D eigenvalue weighted by Crippen LogP contribution is -2.06. The molecule has 0 aliphatic rings. The Labute approximate surface area is 648 Å². The van der Waals surface area contributed by atoms with Crippen molar-refractivity contribution in [2.45, 2.75) is 64.2 Å². The Bertz CT molecular complexity index is 5160. The Kier molecular flexibility index (Phi) is 31.3. The number of carbonyl (C=O) groups excluding carboxylic acids is 4. The molecule has 554 valence electrons. The normalized spacial score (nSPS) is 10.6. The number of carbonyl (C=O) groups is 4. The average Bonchev–Trinajstić information content (AvgIpc) is 1.32. The second-order valence-electron chi connectivity index (χ2n) is 24.2. The number of nitrogens with one attached hydrogen (secondary N) is 2. The van der Waals surface area contributed by atoms with Gasteiger partial charge in [0.25, 0.3) is 0 Å². The van der Waals surface area contributed by atoms with Crippen LogP contribution in [0, 0.1) is 47.4 Å². The van der Waals surface area contributed by atoms with Gasteiger partial charge < -0.3 is 37.9 Å². The van der Waals surface area contributed by atoms with Gasteiger partial charge >= 0.3 is 23.9 Å². The third-order valence-corrected chi connectivity index (χ3v) is 18.0. The summed E-state index contributed by atoms with van der Waals surface area (Å²) in [5.74, 6) is 28.0. The first-order chi connectivity index (χ1) is 53.9. The number of esters is 4. The largest absolute Gasteiger partial charge is 0.494 e. The molecule has 18 nitrogen and oxygen atoms in total. The van der Waals surface area contributed by atoms with Crippen LogP contribution >= 0.6 is 22.7 Å². The van der Waals surface area contributed by atoms with Crippen LogP contribution < -0.4 is 29.8 Å². The van der Waals surface area contributed by atoms with E-state index in [0.29, 0.717) is 90.9 Å². The molecule has 0 amide bonds. The minimum atomic E-state index is -0.480. The molecule has 0 spiro atoms. The van der Waals surface area contributed by atoms with E-state index in [4.69, 9.17) is 58.1 Å². The van der Waals surface area contributed by atoms with Crippen molar-refractivity contribution in [1.29, 1.82) is 0 Å². The lowest BCUT2D eigenvalue weighted by molar-refractivity contribution is -0.138. The number of hydrogen-bond donors (Lipinski definition) is 2. The van der Waals surface area contributed by atoms with Gasteiger partial charge in [0.05, 0.1) is 85.7 Å². The van der Waals surface area contributed by atoms with Crippen molar-refractivity contribution in [3.05, 3.63) is 276 Å². The number of rotatable bonds is 37. The first-order valence-corrected chi connectivity index (χ1v) is 37.4. The van der Waals surface area contributed by atoms with Crippen LogP contribution in [0.1, 0.15) is 120 Å². The van der Waals surface area contributed by atoms with Crippen molar-refractivity contribution in [3.63, 3.8) is 0 Å². The predicted molar refractivity (Wildman–Crippen MR) is 436 cm³/mol. The Morgan fingerprint density at radius 2 is 0.727 bits per heavy atom. The summed E-state index contributed by atoms with van der Waals surface area (Å²) in [4.78, 5) is 55.3.